The van der Waals surface area contributed by atoms with Crippen molar-refractivity contribution in [3.05, 3.63) is 84.7 Å². The van der Waals surface area contributed by atoms with Gasteiger partial charge in [0.25, 0.3) is 0 Å². The maximum Gasteiger partial charge on any atom is 0.305 e. The van der Waals surface area contributed by atoms with E-state index in [4.69, 9.17) is 4.74 Å². The molecule has 0 bridgehead atoms. The first kappa shape index (κ1) is 14.8. The summed E-state index contributed by atoms with van der Waals surface area (Å²) < 4.78 is 6.80. The van der Waals surface area contributed by atoms with Crippen molar-refractivity contribution in [1.29, 1.82) is 0 Å². The molecule has 0 aliphatic rings. The molecule has 2 aromatic carbocycles. The second kappa shape index (κ2) is 6.75. The normalized spacial score (nSPS) is 10.1. The van der Waals surface area contributed by atoms with Crippen LogP contribution in [0.1, 0.15) is 10.4 Å². The van der Waals surface area contributed by atoms with Crippen LogP contribution in [0.2, 0.25) is 0 Å². The zero-order valence-electron chi connectivity index (χ0n) is 12.8. The van der Waals surface area contributed by atoms with Crippen molar-refractivity contribution in [3.63, 3.8) is 0 Å². The number of methoxy groups -OCH3 is 1. The number of hydrogen-bond donors (Lipinski definition) is 1. The number of amides is 1. The Bertz CT molecular complexity index is 782. The number of benzene rings is 2. The Morgan fingerprint density at radius 2 is 1.48 bits per heavy atom. The van der Waals surface area contributed by atoms with Crippen LogP contribution in [0.25, 0.3) is 11.1 Å². The zero-order chi connectivity index (χ0) is 16.1. The number of aromatic nitrogens is 1. The van der Waals surface area contributed by atoms with E-state index in [1.54, 1.807) is 23.9 Å². The van der Waals surface area contributed by atoms with Gasteiger partial charge in [-0.1, -0.05) is 35.0 Å². The molecule has 0 saturated heterocycles. The van der Waals surface area contributed by atoms with Gasteiger partial charge in [-0.05, 0) is 35.4 Å². The maximum atomic E-state index is 12.1. The minimum atomic E-state index is -0.146. The van der Waals surface area contributed by atoms with Crippen molar-refractivity contribution in [2.45, 2.75) is 0 Å². The predicted molar refractivity (Wildman–Crippen MR) is 88.8 cm³/mol. The van der Waals surface area contributed by atoms with Crippen molar-refractivity contribution in [2.75, 3.05) is 12.5 Å². The van der Waals surface area contributed by atoms with Crippen LogP contribution in [-0.2, 0) is 0 Å². The highest BCUT2D eigenvalue weighted by Crippen LogP contribution is 2.20. The van der Waals surface area contributed by atoms with Crippen molar-refractivity contribution < 1.29 is 14.2 Å². The van der Waals surface area contributed by atoms with E-state index >= 15 is 0 Å². The maximum absolute atomic E-state index is 12.1. The summed E-state index contributed by atoms with van der Waals surface area (Å²) in [7, 11) is 1.65. The molecule has 0 saturated carbocycles. The highest BCUT2D eigenvalue weighted by molar-refractivity contribution is 5.98. The van der Waals surface area contributed by atoms with Crippen LogP contribution in [0.5, 0.6) is 5.75 Å². The predicted octanol–water partition coefficient (Wildman–Crippen LogP) is 3.03. The number of ether oxygens (including phenoxy) is 1. The fourth-order valence-corrected chi connectivity index (χ4v) is 2.25. The molecule has 1 aromatic heterocycles. The van der Waals surface area contributed by atoms with Gasteiger partial charge in [-0.15, -0.1) is 5.43 Å². The molecular formula is C19H17N2O2+. The van der Waals surface area contributed by atoms with E-state index in [2.05, 4.69) is 5.43 Å². The molecule has 0 unspecified atom stereocenters. The third kappa shape index (κ3) is 3.55. The molecule has 0 spiro atoms. The van der Waals surface area contributed by atoms with Crippen molar-refractivity contribution in [2.24, 2.45) is 0 Å². The molecule has 4 nitrogen and oxygen atoms in total. The molecule has 1 amide bonds. The van der Waals surface area contributed by atoms with Crippen LogP contribution in [0, 0.1) is 0 Å². The first-order valence-electron chi connectivity index (χ1n) is 7.28. The topological polar surface area (TPSA) is 42.2 Å². The average Bonchev–Trinajstić information content (AvgIpc) is 2.63. The molecule has 0 aliphatic heterocycles. The fraction of sp³-hybridized carbons (Fsp3) is 0.0526. The van der Waals surface area contributed by atoms with Gasteiger partial charge in [0.15, 0.2) is 0 Å². The van der Waals surface area contributed by atoms with Gasteiger partial charge >= 0.3 is 5.91 Å². The third-order valence-corrected chi connectivity index (χ3v) is 3.52. The molecule has 0 atom stereocenters. The fourth-order valence-electron chi connectivity index (χ4n) is 2.25. The van der Waals surface area contributed by atoms with Gasteiger partial charge in [-0.2, -0.15) is 0 Å². The smallest absolute Gasteiger partial charge is 0.305 e. The monoisotopic (exact) mass is 305 g/mol. The second-order valence-corrected chi connectivity index (χ2v) is 5.03. The Balaban J connectivity index is 1.73. The lowest BCUT2D eigenvalue weighted by molar-refractivity contribution is -0.641. The molecule has 1 N–H and O–H groups in total. The van der Waals surface area contributed by atoms with Crippen molar-refractivity contribution in [3.8, 4) is 16.9 Å². The van der Waals surface area contributed by atoms with Gasteiger partial charge < -0.3 is 4.74 Å². The molecule has 3 aromatic rings. The SMILES string of the molecule is COc1ccc(-c2cc[n+](NC(=O)c3ccccc3)cc2)cc1. The van der Waals surface area contributed by atoms with E-state index < -0.39 is 0 Å². The lowest BCUT2D eigenvalue weighted by Gasteiger charge is -2.03. The van der Waals surface area contributed by atoms with Gasteiger partial charge in [0, 0.05) is 17.7 Å². The molecule has 0 fully saturated rings. The van der Waals surface area contributed by atoms with E-state index in [1.165, 1.54) is 0 Å². The highest BCUT2D eigenvalue weighted by Gasteiger charge is 2.10. The highest BCUT2D eigenvalue weighted by atomic mass is 16.5. The summed E-state index contributed by atoms with van der Waals surface area (Å²) in [5.41, 5.74) is 5.59. The zero-order valence-corrected chi connectivity index (χ0v) is 12.8. The van der Waals surface area contributed by atoms with Crippen LogP contribution in [0.15, 0.2) is 79.1 Å². The minimum Gasteiger partial charge on any atom is -0.497 e. The Kier molecular flexibility index (Phi) is 4.34. The summed E-state index contributed by atoms with van der Waals surface area (Å²) in [6, 6.07) is 20.9. The quantitative estimate of drug-likeness (QED) is 0.753. The lowest BCUT2D eigenvalue weighted by atomic mass is 10.1. The average molecular weight is 305 g/mol. The summed E-state index contributed by atoms with van der Waals surface area (Å²) >= 11 is 0. The summed E-state index contributed by atoms with van der Waals surface area (Å²) in [4.78, 5) is 12.1. The molecule has 3 rings (SSSR count). The minimum absolute atomic E-state index is 0.146. The van der Waals surface area contributed by atoms with E-state index in [-0.39, 0.29) is 5.91 Å². The Hall–Kier alpha value is -3.14. The number of carbonyl (C=O) groups excluding carboxylic acids is 1. The van der Waals surface area contributed by atoms with E-state index in [0.717, 1.165) is 16.9 Å². The lowest BCUT2D eigenvalue weighted by Crippen LogP contribution is -2.47. The van der Waals surface area contributed by atoms with Gasteiger partial charge in [0.1, 0.15) is 5.75 Å². The van der Waals surface area contributed by atoms with Crippen LogP contribution < -0.4 is 14.8 Å². The number of nitrogens with zero attached hydrogens (tertiary/aromatic N) is 1. The Morgan fingerprint density at radius 3 is 2.09 bits per heavy atom. The number of nitrogens with one attached hydrogen (secondary N) is 1. The van der Waals surface area contributed by atoms with Crippen LogP contribution >= 0.6 is 0 Å². The van der Waals surface area contributed by atoms with E-state index in [9.17, 15) is 4.79 Å². The van der Waals surface area contributed by atoms with Crippen molar-refractivity contribution >= 4 is 5.91 Å². The van der Waals surface area contributed by atoms with Crippen LogP contribution in [0.4, 0.5) is 0 Å². The Labute approximate surface area is 135 Å². The van der Waals surface area contributed by atoms with Crippen LogP contribution in [-0.4, -0.2) is 13.0 Å². The summed E-state index contributed by atoms with van der Waals surface area (Å²) in [5.74, 6) is 0.683. The first-order valence-corrected chi connectivity index (χ1v) is 7.28. The summed E-state index contributed by atoms with van der Waals surface area (Å²) in [5, 5.41) is 0. The standard InChI is InChI=1S/C19H16N2O2/c1-23-18-9-7-15(8-10-18)16-11-13-21(14-12-16)20-19(22)17-5-3-2-4-6-17/h2-14H,1H3/p+1. The third-order valence-electron chi connectivity index (χ3n) is 3.52. The van der Waals surface area contributed by atoms with Crippen molar-refractivity contribution in [1.82, 2.24) is 0 Å². The number of rotatable bonds is 4. The van der Waals surface area contributed by atoms with Gasteiger partial charge in [-0.25, -0.2) is 0 Å². The largest absolute Gasteiger partial charge is 0.497 e. The van der Waals surface area contributed by atoms with Gasteiger partial charge in [0.05, 0.1) is 7.11 Å². The van der Waals surface area contributed by atoms with E-state index in [0.29, 0.717) is 5.56 Å². The second-order valence-electron chi connectivity index (χ2n) is 5.03. The van der Waals surface area contributed by atoms with Crippen LogP contribution in [0.3, 0.4) is 0 Å². The summed E-state index contributed by atoms with van der Waals surface area (Å²) in [6.07, 6.45) is 3.64. The molecule has 0 radical (unpaired) electrons. The Morgan fingerprint density at radius 1 is 0.870 bits per heavy atom. The number of pyridine rings is 1. The van der Waals surface area contributed by atoms with E-state index in [1.807, 2.05) is 67.0 Å². The number of hydrogen-bond acceptors (Lipinski definition) is 2. The molecular weight excluding hydrogens is 288 g/mol. The molecule has 1 heterocycles. The molecule has 23 heavy (non-hydrogen) atoms. The summed E-state index contributed by atoms with van der Waals surface area (Å²) in [6.45, 7) is 0. The molecule has 114 valence electrons. The number of carbonyl (C=O) groups is 1. The first-order chi connectivity index (χ1) is 11.3. The molecule has 4 heteroatoms. The molecule has 0 aliphatic carbocycles. The van der Waals surface area contributed by atoms with Gasteiger partial charge in [0.2, 0.25) is 12.4 Å². The van der Waals surface area contributed by atoms with Gasteiger partial charge in [-0.3, -0.25) is 4.79 Å².